The smallest absolute Gasteiger partial charge is 0.410 e. The summed E-state index contributed by atoms with van der Waals surface area (Å²) in [6.45, 7) is 13.3. The van der Waals surface area contributed by atoms with Crippen LogP contribution in [-0.2, 0) is 31.9 Å². The molecule has 1 aromatic rings. The standard InChI is InChI=1S/C33H53N7O6S3/c1-32(2,3)45-30(43)39-13-7-9-22(20-39)17-24(41)19-28-38-37-27(49-28)12-16-47-15-11-25(34)48-29(35)36-26(42)18-23-10-8-14-40(21-23)31(44)46-33(4,5)6/h22-23,34H,7-21H2,1-6H3,(H2,35,36,42). The Morgan fingerprint density at radius 3 is 1.98 bits per heavy atom. The number of ether oxygens (including phenoxy) is 2. The van der Waals surface area contributed by atoms with Crippen LogP contribution in [0.2, 0.25) is 0 Å². The van der Waals surface area contributed by atoms with Crippen LogP contribution >= 0.6 is 34.9 Å². The molecule has 13 nitrogen and oxygen atoms in total. The maximum Gasteiger partial charge on any atom is 0.410 e. The topological polar surface area (TPSA) is 179 Å². The third-order valence-electron chi connectivity index (χ3n) is 7.60. The largest absolute Gasteiger partial charge is 0.444 e. The number of ketones is 1. The van der Waals surface area contributed by atoms with Crippen molar-refractivity contribution >= 4 is 68.9 Å². The van der Waals surface area contributed by atoms with Crippen LogP contribution in [-0.4, -0.2) is 103 Å². The molecule has 2 aliphatic rings. The molecular weight excluding hydrogens is 687 g/mol. The summed E-state index contributed by atoms with van der Waals surface area (Å²) in [6, 6.07) is 0. The van der Waals surface area contributed by atoms with Crippen molar-refractivity contribution in [3.63, 3.8) is 0 Å². The number of amides is 3. The van der Waals surface area contributed by atoms with Gasteiger partial charge in [0.15, 0.2) is 5.17 Å². The lowest BCUT2D eigenvalue weighted by molar-refractivity contribution is -0.121. The zero-order valence-electron chi connectivity index (χ0n) is 29.7. The first-order valence-electron chi connectivity index (χ1n) is 17.0. The van der Waals surface area contributed by atoms with Gasteiger partial charge >= 0.3 is 12.2 Å². The Balaban J connectivity index is 1.26. The van der Waals surface area contributed by atoms with Gasteiger partial charge in [0.05, 0.1) is 11.5 Å². The molecule has 3 heterocycles. The predicted octanol–water partition coefficient (Wildman–Crippen LogP) is 6.15. The van der Waals surface area contributed by atoms with E-state index in [4.69, 9.17) is 20.3 Å². The Bertz CT molecular complexity index is 1330. The van der Waals surface area contributed by atoms with Crippen molar-refractivity contribution in [2.24, 2.45) is 11.8 Å². The van der Waals surface area contributed by atoms with Gasteiger partial charge in [-0.05, 0) is 102 Å². The summed E-state index contributed by atoms with van der Waals surface area (Å²) in [6.07, 6.45) is 4.75. The molecule has 49 heavy (non-hydrogen) atoms. The highest BCUT2D eigenvalue weighted by molar-refractivity contribution is 8.26. The Morgan fingerprint density at radius 1 is 0.857 bits per heavy atom. The predicted molar refractivity (Wildman–Crippen MR) is 196 cm³/mol. The van der Waals surface area contributed by atoms with E-state index >= 15 is 0 Å². The minimum absolute atomic E-state index is 0.000173. The molecule has 2 fully saturated rings. The maximum atomic E-state index is 12.8. The summed E-state index contributed by atoms with van der Waals surface area (Å²) < 4.78 is 10.9. The number of aromatic nitrogens is 2. The van der Waals surface area contributed by atoms with Crippen molar-refractivity contribution in [1.29, 1.82) is 10.8 Å². The summed E-state index contributed by atoms with van der Waals surface area (Å²) in [5.74, 6) is 1.42. The number of rotatable bonds is 12. The average molecular weight is 740 g/mol. The van der Waals surface area contributed by atoms with E-state index in [9.17, 15) is 19.2 Å². The van der Waals surface area contributed by atoms with Crippen LogP contribution in [0.15, 0.2) is 0 Å². The number of nitrogens with zero attached hydrogens (tertiary/aromatic N) is 4. The zero-order valence-corrected chi connectivity index (χ0v) is 32.2. The second-order valence-corrected chi connectivity index (χ2v) is 18.1. The van der Waals surface area contributed by atoms with Gasteiger partial charge in [-0.1, -0.05) is 0 Å². The van der Waals surface area contributed by atoms with Crippen LogP contribution in [0.4, 0.5) is 9.59 Å². The molecule has 16 heteroatoms. The molecule has 2 unspecified atom stereocenters. The van der Waals surface area contributed by atoms with Gasteiger partial charge in [-0.15, -0.1) is 21.5 Å². The number of carbonyl (C=O) groups excluding carboxylic acids is 4. The van der Waals surface area contributed by atoms with Crippen LogP contribution in [0.1, 0.15) is 96.5 Å². The summed E-state index contributed by atoms with van der Waals surface area (Å²) in [4.78, 5) is 53.5. The highest BCUT2D eigenvalue weighted by Gasteiger charge is 2.30. The molecule has 2 saturated heterocycles. The van der Waals surface area contributed by atoms with Crippen molar-refractivity contribution in [2.45, 2.75) is 111 Å². The molecule has 3 amide bonds. The fraction of sp³-hybridized carbons (Fsp3) is 0.758. The minimum Gasteiger partial charge on any atom is -0.444 e. The average Bonchev–Trinajstić information content (AvgIpc) is 3.42. The molecule has 0 aromatic carbocycles. The molecule has 0 saturated carbocycles. The molecule has 274 valence electrons. The van der Waals surface area contributed by atoms with Gasteiger partial charge < -0.3 is 24.6 Å². The Kier molecular flexibility index (Phi) is 15.8. The number of amidine groups is 1. The van der Waals surface area contributed by atoms with E-state index in [0.29, 0.717) is 61.2 Å². The Labute approximate surface area is 302 Å². The number of nitrogens with one attached hydrogen (secondary N) is 3. The van der Waals surface area contributed by atoms with Gasteiger partial charge in [0.25, 0.3) is 0 Å². The number of hydrogen-bond donors (Lipinski definition) is 3. The summed E-state index contributed by atoms with van der Waals surface area (Å²) in [5.41, 5.74) is -1.12. The van der Waals surface area contributed by atoms with Crippen molar-refractivity contribution in [3.8, 4) is 0 Å². The molecule has 3 rings (SSSR count). The zero-order chi connectivity index (χ0) is 36.2. The molecule has 0 spiro atoms. The highest BCUT2D eigenvalue weighted by Crippen LogP contribution is 2.24. The van der Waals surface area contributed by atoms with Gasteiger partial charge in [-0.3, -0.25) is 20.4 Å². The molecule has 1 aromatic heterocycles. The van der Waals surface area contributed by atoms with E-state index in [-0.39, 0.29) is 53.7 Å². The Hall–Kier alpha value is -2.72. The van der Waals surface area contributed by atoms with Crippen LogP contribution < -0.4 is 5.32 Å². The van der Waals surface area contributed by atoms with Gasteiger partial charge in [0.1, 0.15) is 27.0 Å². The number of Topliss-reactive ketones (excluding diaryl/α,β-unsaturated/α-hetero) is 1. The second kappa shape index (κ2) is 19.0. The highest BCUT2D eigenvalue weighted by atomic mass is 32.2. The second-order valence-electron chi connectivity index (χ2n) is 14.6. The van der Waals surface area contributed by atoms with Gasteiger partial charge in [-0.25, -0.2) is 9.59 Å². The molecule has 2 aliphatic heterocycles. The van der Waals surface area contributed by atoms with E-state index in [0.717, 1.165) is 48.2 Å². The van der Waals surface area contributed by atoms with Crippen LogP contribution in [0.3, 0.4) is 0 Å². The fourth-order valence-corrected chi connectivity index (χ4v) is 8.17. The van der Waals surface area contributed by atoms with Gasteiger partial charge in [-0.2, -0.15) is 11.8 Å². The van der Waals surface area contributed by atoms with E-state index in [1.165, 1.54) is 11.3 Å². The fourth-order valence-electron chi connectivity index (χ4n) is 5.54. The summed E-state index contributed by atoms with van der Waals surface area (Å²) in [5, 5.41) is 29.2. The van der Waals surface area contributed by atoms with Gasteiger partial charge in [0.2, 0.25) is 5.91 Å². The number of aryl methyl sites for hydroxylation is 1. The number of piperidine rings is 2. The normalized spacial score (nSPS) is 18.5. The van der Waals surface area contributed by atoms with Gasteiger partial charge in [0, 0.05) is 51.9 Å². The molecule has 3 N–H and O–H groups in total. The number of hydrogen-bond acceptors (Lipinski definition) is 13. The van der Waals surface area contributed by atoms with Crippen LogP contribution in [0.25, 0.3) is 0 Å². The molecule has 0 bridgehead atoms. The minimum atomic E-state index is -0.574. The monoisotopic (exact) mass is 739 g/mol. The number of carbonyl (C=O) groups is 4. The Morgan fingerprint density at radius 2 is 1.41 bits per heavy atom. The first-order valence-corrected chi connectivity index (χ1v) is 19.7. The lowest BCUT2D eigenvalue weighted by Gasteiger charge is -2.33. The number of thioether (sulfide) groups is 2. The first-order chi connectivity index (χ1) is 23.0. The lowest BCUT2D eigenvalue weighted by atomic mass is 9.92. The number of likely N-dealkylation sites (tertiary alicyclic amines) is 2. The maximum absolute atomic E-state index is 12.8. The van der Waals surface area contributed by atoms with Crippen molar-refractivity contribution in [3.05, 3.63) is 10.0 Å². The SMILES string of the molecule is CC(C)(C)OC(=O)N1CCCC(CC(=O)Cc2nnc(CCSCCC(=N)SC(=N)NC(=O)CC3CCCN(C(=O)OC(C)(C)C)C3)s2)C1. The summed E-state index contributed by atoms with van der Waals surface area (Å²) >= 11 is 4.06. The van der Waals surface area contributed by atoms with E-state index in [1.54, 1.807) is 21.6 Å². The van der Waals surface area contributed by atoms with E-state index in [1.807, 2.05) is 41.5 Å². The van der Waals surface area contributed by atoms with Crippen LogP contribution in [0, 0.1) is 22.7 Å². The third kappa shape index (κ3) is 16.2. The van der Waals surface area contributed by atoms with E-state index < -0.39 is 11.2 Å². The third-order valence-corrected chi connectivity index (χ3v) is 10.3. The van der Waals surface area contributed by atoms with Crippen molar-refractivity contribution in [1.82, 2.24) is 25.3 Å². The molecule has 0 aliphatic carbocycles. The molecule has 2 atom stereocenters. The lowest BCUT2D eigenvalue weighted by Crippen LogP contribution is -2.44. The van der Waals surface area contributed by atoms with Crippen molar-refractivity contribution < 1.29 is 28.7 Å². The van der Waals surface area contributed by atoms with E-state index in [2.05, 4.69) is 15.5 Å². The van der Waals surface area contributed by atoms with Crippen molar-refractivity contribution in [2.75, 3.05) is 37.7 Å². The quantitative estimate of drug-likeness (QED) is 0.128. The van der Waals surface area contributed by atoms with Crippen LogP contribution in [0.5, 0.6) is 0 Å². The summed E-state index contributed by atoms with van der Waals surface area (Å²) in [7, 11) is 0. The molecule has 0 radical (unpaired) electrons. The molecular formula is C33H53N7O6S3. The first kappa shape index (κ1) is 40.7.